The lowest BCUT2D eigenvalue weighted by Crippen LogP contribution is -2.21. The van der Waals surface area contributed by atoms with E-state index in [9.17, 15) is 9.59 Å². The number of hydrogen-bond acceptors (Lipinski definition) is 7. The van der Waals surface area contributed by atoms with Gasteiger partial charge in [0, 0.05) is 5.69 Å². The van der Waals surface area contributed by atoms with Crippen LogP contribution in [0.1, 0.15) is 10.5 Å². The number of nitrogens with one attached hydrogen (secondary N) is 1. The predicted molar refractivity (Wildman–Crippen MR) is 77.4 cm³/mol. The number of hydrogen-bond donors (Lipinski definition) is 2. The minimum Gasteiger partial charge on any atom is -0.497 e. The topological polar surface area (TPSA) is 121 Å². The third-order valence-electron chi connectivity index (χ3n) is 2.82. The average molecular weight is 305 g/mol. The highest BCUT2D eigenvalue weighted by molar-refractivity contribution is 5.93. The summed E-state index contributed by atoms with van der Waals surface area (Å²) < 4.78 is 10.6. The van der Waals surface area contributed by atoms with Crippen molar-refractivity contribution in [3.63, 3.8) is 0 Å². The maximum atomic E-state index is 11.9. The molecule has 0 radical (unpaired) electrons. The first-order valence-corrected chi connectivity index (χ1v) is 6.26. The summed E-state index contributed by atoms with van der Waals surface area (Å²) in [5.41, 5.74) is 6.17. The summed E-state index contributed by atoms with van der Waals surface area (Å²) in [5, 5.41) is 9.91. The van der Waals surface area contributed by atoms with E-state index in [-0.39, 0.29) is 24.0 Å². The molecule has 0 atom stereocenters. The summed E-state index contributed by atoms with van der Waals surface area (Å²) in [7, 11) is 2.76. The third kappa shape index (κ3) is 3.32. The first kappa shape index (κ1) is 15.3. The van der Waals surface area contributed by atoms with Crippen LogP contribution in [0.2, 0.25) is 0 Å². The maximum Gasteiger partial charge on any atom is 0.362 e. The summed E-state index contributed by atoms with van der Waals surface area (Å²) in [5.74, 6) is -0.421. The fourth-order valence-corrected chi connectivity index (χ4v) is 1.69. The first-order chi connectivity index (χ1) is 10.5. The number of aromatic nitrogens is 3. The molecule has 9 heteroatoms. The van der Waals surface area contributed by atoms with Gasteiger partial charge in [0.2, 0.25) is 11.6 Å². The Morgan fingerprint density at radius 3 is 2.55 bits per heavy atom. The average Bonchev–Trinajstić information content (AvgIpc) is 2.88. The van der Waals surface area contributed by atoms with Crippen LogP contribution in [0.3, 0.4) is 0 Å². The Hall–Kier alpha value is -3.10. The van der Waals surface area contributed by atoms with E-state index in [0.29, 0.717) is 11.4 Å². The van der Waals surface area contributed by atoms with Crippen LogP contribution in [0, 0.1) is 0 Å². The molecule has 2 aromatic rings. The molecule has 0 aliphatic heterocycles. The Morgan fingerprint density at radius 2 is 1.95 bits per heavy atom. The lowest BCUT2D eigenvalue weighted by Gasteiger charge is -2.07. The standard InChI is InChI=1S/C13H15N5O4/c1-21-9-5-3-8(4-6-9)15-10(19)7-18-12(14)11(16-17-18)13(20)22-2/h3-6H,7,14H2,1-2H3,(H,15,19). The van der Waals surface area contributed by atoms with Crippen LogP contribution in [0.25, 0.3) is 0 Å². The number of anilines is 2. The first-order valence-electron chi connectivity index (χ1n) is 6.26. The Kier molecular flexibility index (Phi) is 4.57. The largest absolute Gasteiger partial charge is 0.497 e. The molecule has 3 N–H and O–H groups in total. The van der Waals surface area contributed by atoms with Gasteiger partial charge in [-0.25, -0.2) is 9.48 Å². The van der Waals surface area contributed by atoms with Gasteiger partial charge < -0.3 is 20.5 Å². The van der Waals surface area contributed by atoms with E-state index < -0.39 is 5.97 Å². The fraction of sp³-hybridized carbons (Fsp3) is 0.231. The summed E-state index contributed by atoms with van der Waals surface area (Å²) >= 11 is 0. The zero-order chi connectivity index (χ0) is 16.1. The molecule has 0 bridgehead atoms. The number of rotatable bonds is 5. The van der Waals surface area contributed by atoms with Gasteiger partial charge in [0.15, 0.2) is 5.82 Å². The number of nitrogens with two attached hydrogens (primary N) is 1. The molecule has 1 aromatic carbocycles. The zero-order valence-electron chi connectivity index (χ0n) is 12.1. The number of nitrogens with zero attached hydrogens (tertiary/aromatic N) is 3. The van der Waals surface area contributed by atoms with Gasteiger partial charge in [0.05, 0.1) is 14.2 Å². The number of nitrogen functional groups attached to an aromatic ring is 1. The molecule has 2 rings (SSSR count). The minimum absolute atomic E-state index is 0.0308. The van der Waals surface area contributed by atoms with Gasteiger partial charge in [0.25, 0.3) is 0 Å². The van der Waals surface area contributed by atoms with E-state index >= 15 is 0 Å². The van der Waals surface area contributed by atoms with E-state index in [4.69, 9.17) is 10.5 Å². The molecule has 0 unspecified atom stereocenters. The molecule has 1 aromatic heterocycles. The molecule has 0 spiro atoms. The second-order valence-corrected chi connectivity index (χ2v) is 4.25. The zero-order valence-corrected chi connectivity index (χ0v) is 12.1. The van der Waals surface area contributed by atoms with Gasteiger partial charge >= 0.3 is 5.97 Å². The summed E-state index contributed by atoms with van der Waals surface area (Å²) in [4.78, 5) is 23.3. The highest BCUT2D eigenvalue weighted by atomic mass is 16.5. The maximum absolute atomic E-state index is 11.9. The number of benzene rings is 1. The highest BCUT2D eigenvalue weighted by Crippen LogP contribution is 2.15. The van der Waals surface area contributed by atoms with Crippen LogP contribution < -0.4 is 15.8 Å². The number of carbonyl (C=O) groups is 2. The van der Waals surface area contributed by atoms with Crippen LogP contribution in [-0.4, -0.2) is 41.1 Å². The summed E-state index contributed by atoms with van der Waals surface area (Å²) in [6, 6.07) is 6.83. The van der Waals surface area contributed by atoms with Crippen molar-refractivity contribution in [3.8, 4) is 5.75 Å². The van der Waals surface area contributed by atoms with Crippen molar-refractivity contribution in [2.75, 3.05) is 25.3 Å². The van der Waals surface area contributed by atoms with Crippen LogP contribution in [0.5, 0.6) is 5.75 Å². The molecule has 22 heavy (non-hydrogen) atoms. The lowest BCUT2D eigenvalue weighted by molar-refractivity contribution is -0.116. The van der Waals surface area contributed by atoms with Crippen LogP contribution in [0.4, 0.5) is 11.5 Å². The predicted octanol–water partition coefficient (Wildman–Crippen LogP) is 0.294. The van der Waals surface area contributed by atoms with Crippen molar-refractivity contribution < 1.29 is 19.1 Å². The number of carbonyl (C=O) groups excluding carboxylic acids is 2. The number of methoxy groups -OCH3 is 2. The molecule has 1 heterocycles. The second-order valence-electron chi connectivity index (χ2n) is 4.25. The molecule has 9 nitrogen and oxygen atoms in total. The third-order valence-corrected chi connectivity index (χ3v) is 2.82. The quantitative estimate of drug-likeness (QED) is 0.761. The van der Waals surface area contributed by atoms with E-state index in [1.54, 1.807) is 31.4 Å². The summed E-state index contributed by atoms with van der Waals surface area (Å²) in [6.07, 6.45) is 0. The Labute approximate surface area is 126 Å². The van der Waals surface area contributed by atoms with Crippen LogP contribution in [0.15, 0.2) is 24.3 Å². The van der Waals surface area contributed by atoms with E-state index in [0.717, 1.165) is 4.68 Å². The van der Waals surface area contributed by atoms with Crippen molar-refractivity contribution in [2.24, 2.45) is 0 Å². The Bertz CT molecular complexity index is 680. The minimum atomic E-state index is -0.709. The normalized spacial score (nSPS) is 10.1. The molecule has 0 fully saturated rings. The van der Waals surface area contributed by atoms with Gasteiger partial charge in [-0.2, -0.15) is 0 Å². The molecule has 116 valence electrons. The molecule has 1 amide bonds. The van der Waals surface area contributed by atoms with Gasteiger partial charge in [-0.1, -0.05) is 5.21 Å². The molecular formula is C13H15N5O4. The fourth-order valence-electron chi connectivity index (χ4n) is 1.69. The van der Waals surface area contributed by atoms with Crippen molar-refractivity contribution in [1.82, 2.24) is 15.0 Å². The van der Waals surface area contributed by atoms with Crippen LogP contribution in [-0.2, 0) is 16.1 Å². The van der Waals surface area contributed by atoms with E-state index in [2.05, 4.69) is 20.4 Å². The Morgan fingerprint density at radius 1 is 1.27 bits per heavy atom. The smallest absolute Gasteiger partial charge is 0.362 e. The van der Waals surface area contributed by atoms with Crippen molar-refractivity contribution in [2.45, 2.75) is 6.54 Å². The van der Waals surface area contributed by atoms with E-state index in [1.165, 1.54) is 7.11 Å². The van der Waals surface area contributed by atoms with Gasteiger partial charge in [0.1, 0.15) is 12.3 Å². The highest BCUT2D eigenvalue weighted by Gasteiger charge is 2.19. The van der Waals surface area contributed by atoms with Gasteiger partial charge in [-0.3, -0.25) is 4.79 Å². The van der Waals surface area contributed by atoms with Crippen LogP contribution >= 0.6 is 0 Å². The SMILES string of the molecule is COC(=O)c1nnn(CC(=O)Nc2ccc(OC)cc2)c1N. The molecule has 0 saturated carbocycles. The molecule has 0 aliphatic carbocycles. The number of esters is 1. The Balaban J connectivity index is 2.02. The molecule has 0 saturated heterocycles. The number of ether oxygens (including phenoxy) is 2. The molecule has 0 aliphatic rings. The summed E-state index contributed by atoms with van der Waals surface area (Å²) in [6.45, 7) is -0.179. The molecular weight excluding hydrogens is 290 g/mol. The van der Waals surface area contributed by atoms with E-state index in [1.807, 2.05) is 0 Å². The lowest BCUT2D eigenvalue weighted by atomic mass is 10.3. The van der Waals surface area contributed by atoms with Crippen molar-refractivity contribution >= 4 is 23.4 Å². The second kappa shape index (κ2) is 6.57. The van der Waals surface area contributed by atoms with Gasteiger partial charge in [-0.15, -0.1) is 5.10 Å². The monoisotopic (exact) mass is 305 g/mol. The van der Waals surface area contributed by atoms with Gasteiger partial charge in [-0.05, 0) is 24.3 Å². The van der Waals surface area contributed by atoms with Crippen molar-refractivity contribution in [3.05, 3.63) is 30.0 Å². The number of amides is 1. The van der Waals surface area contributed by atoms with Crippen molar-refractivity contribution in [1.29, 1.82) is 0 Å².